The molecule has 0 N–H and O–H groups in total. The number of amides is 1. The summed E-state index contributed by atoms with van der Waals surface area (Å²) in [6.07, 6.45) is 2.09. The van der Waals surface area contributed by atoms with Gasteiger partial charge in [0.15, 0.2) is 5.01 Å². The molecule has 0 spiro atoms. The highest BCUT2D eigenvalue weighted by atomic mass is 32.1. The van der Waals surface area contributed by atoms with Crippen LogP contribution in [0.1, 0.15) is 29.6 Å². The van der Waals surface area contributed by atoms with Crippen LogP contribution >= 0.6 is 11.3 Å². The second-order valence-corrected chi connectivity index (χ2v) is 6.14. The summed E-state index contributed by atoms with van der Waals surface area (Å²) in [5, 5.41) is 0.468. The lowest BCUT2D eigenvalue weighted by Gasteiger charge is -2.29. The van der Waals surface area contributed by atoms with Crippen LogP contribution in [0.3, 0.4) is 0 Å². The van der Waals surface area contributed by atoms with Gasteiger partial charge in [-0.1, -0.05) is 6.92 Å². The molecule has 1 aromatic heterocycles. The van der Waals surface area contributed by atoms with Gasteiger partial charge in [-0.25, -0.2) is 9.37 Å². The van der Waals surface area contributed by atoms with Crippen molar-refractivity contribution in [3.05, 3.63) is 29.0 Å². The van der Waals surface area contributed by atoms with Gasteiger partial charge in [-0.15, -0.1) is 11.3 Å². The van der Waals surface area contributed by atoms with E-state index < -0.39 is 0 Å². The number of thiazole rings is 1. The number of piperidine rings is 1. The number of rotatable bonds is 1. The number of carbonyl (C=O) groups is 1. The number of benzene rings is 1. The lowest BCUT2D eigenvalue weighted by molar-refractivity contribution is 0.0697. The van der Waals surface area contributed by atoms with Crippen molar-refractivity contribution in [1.82, 2.24) is 9.88 Å². The Balaban J connectivity index is 1.85. The van der Waals surface area contributed by atoms with Crippen LogP contribution in [0, 0.1) is 11.7 Å². The molecule has 0 radical (unpaired) electrons. The number of hydrogen-bond acceptors (Lipinski definition) is 3. The zero-order chi connectivity index (χ0) is 13.4. The van der Waals surface area contributed by atoms with Crippen LogP contribution in [-0.4, -0.2) is 28.9 Å². The molecular weight excluding hydrogens is 263 g/mol. The molecule has 3 rings (SSSR count). The number of hydrogen-bond donors (Lipinski definition) is 0. The fraction of sp³-hybridized carbons (Fsp3) is 0.429. The molecule has 19 heavy (non-hydrogen) atoms. The van der Waals surface area contributed by atoms with E-state index in [-0.39, 0.29) is 11.7 Å². The molecule has 0 aliphatic carbocycles. The summed E-state index contributed by atoms with van der Waals surface area (Å²) in [7, 11) is 0. The van der Waals surface area contributed by atoms with Crippen molar-refractivity contribution in [3.8, 4) is 0 Å². The van der Waals surface area contributed by atoms with E-state index in [9.17, 15) is 9.18 Å². The maximum absolute atomic E-state index is 13.1. The first-order valence-electron chi connectivity index (χ1n) is 6.49. The maximum Gasteiger partial charge on any atom is 0.282 e. The third-order valence-corrected chi connectivity index (χ3v) is 4.61. The molecule has 1 aromatic carbocycles. The van der Waals surface area contributed by atoms with Crippen molar-refractivity contribution >= 4 is 27.5 Å². The summed E-state index contributed by atoms with van der Waals surface area (Å²) in [6.45, 7) is 3.80. The van der Waals surface area contributed by atoms with E-state index in [1.807, 2.05) is 4.90 Å². The van der Waals surface area contributed by atoms with Gasteiger partial charge in [0.05, 0.1) is 10.2 Å². The number of likely N-dealkylation sites (tertiary alicyclic amines) is 1. The fourth-order valence-corrected chi connectivity index (χ4v) is 3.30. The third-order valence-electron chi connectivity index (χ3n) is 3.60. The van der Waals surface area contributed by atoms with Gasteiger partial charge < -0.3 is 4.90 Å². The molecule has 5 heteroatoms. The number of carbonyl (C=O) groups excluding carboxylic acids is 1. The lowest BCUT2D eigenvalue weighted by Crippen LogP contribution is -2.37. The van der Waals surface area contributed by atoms with E-state index in [1.54, 1.807) is 6.07 Å². The Morgan fingerprint density at radius 1 is 1.42 bits per heavy atom. The van der Waals surface area contributed by atoms with Crippen LogP contribution in [0.25, 0.3) is 10.2 Å². The lowest BCUT2D eigenvalue weighted by atomic mass is 9.99. The second kappa shape index (κ2) is 4.89. The first kappa shape index (κ1) is 12.5. The number of fused-ring (bicyclic) bond motifs is 1. The molecule has 2 heterocycles. The summed E-state index contributed by atoms with van der Waals surface area (Å²) in [4.78, 5) is 18.5. The summed E-state index contributed by atoms with van der Waals surface area (Å²) < 4.78 is 13.9. The Bertz CT molecular complexity index is 617. The minimum Gasteiger partial charge on any atom is -0.337 e. The summed E-state index contributed by atoms with van der Waals surface area (Å²) in [5.41, 5.74) is 0.695. The van der Waals surface area contributed by atoms with Crippen molar-refractivity contribution in [2.45, 2.75) is 19.8 Å². The maximum atomic E-state index is 13.1. The van der Waals surface area contributed by atoms with E-state index in [0.29, 0.717) is 16.4 Å². The van der Waals surface area contributed by atoms with E-state index in [4.69, 9.17) is 0 Å². The van der Waals surface area contributed by atoms with Gasteiger partial charge in [0.2, 0.25) is 0 Å². The summed E-state index contributed by atoms with van der Waals surface area (Å²) >= 11 is 1.27. The van der Waals surface area contributed by atoms with Crippen LogP contribution in [0.5, 0.6) is 0 Å². The zero-order valence-corrected chi connectivity index (χ0v) is 11.5. The van der Waals surface area contributed by atoms with E-state index in [1.165, 1.54) is 23.5 Å². The monoisotopic (exact) mass is 278 g/mol. The quantitative estimate of drug-likeness (QED) is 0.802. The normalized spacial score (nSPS) is 17.1. The molecule has 1 aliphatic rings. The molecule has 0 bridgehead atoms. The second-order valence-electron chi connectivity index (χ2n) is 5.11. The molecule has 3 nitrogen and oxygen atoms in total. The minimum atomic E-state index is -0.290. The molecule has 1 aliphatic heterocycles. The highest BCUT2D eigenvalue weighted by molar-refractivity contribution is 7.20. The van der Waals surface area contributed by atoms with Gasteiger partial charge in [0, 0.05) is 13.1 Å². The molecular formula is C14H15FN2OS. The Hall–Kier alpha value is -1.49. The number of nitrogens with zero attached hydrogens (tertiary/aromatic N) is 2. The summed E-state index contributed by atoms with van der Waals surface area (Å²) in [5.74, 6) is 0.379. The van der Waals surface area contributed by atoms with Crippen molar-refractivity contribution in [3.63, 3.8) is 0 Å². The first-order valence-corrected chi connectivity index (χ1v) is 7.30. The van der Waals surface area contributed by atoms with Gasteiger partial charge in [-0.3, -0.25) is 4.79 Å². The van der Waals surface area contributed by atoms with Crippen LogP contribution in [0.4, 0.5) is 4.39 Å². The zero-order valence-electron chi connectivity index (χ0n) is 10.7. The van der Waals surface area contributed by atoms with Gasteiger partial charge in [-0.05, 0) is 37.0 Å². The van der Waals surface area contributed by atoms with Gasteiger partial charge in [0.25, 0.3) is 5.91 Å². The number of aromatic nitrogens is 1. The highest BCUT2D eigenvalue weighted by Crippen LogP contribution is 2.25. The molecule has 100 valence electrons. The highest BCUT2D eigenvalue weighted by Gasteiger charge is 2.23. The fourth-order valence-electron chi connectivity index (χ4n) is 2.34. The van der Waals surface area contributed by atoms with E-state index in [0.717, 1.165) is 30.6 Å². The van der Waals surface area contributed by atoms with Crippen LogP contribution in [0.15, 0.2) is 18.2 Å². The Kier molecular flexibility index (Phi) is 3.22. The number of halogens is 1. The van der Waals surface area contributed by atoms with Gasteiger partial charge in [-0.2, -0.15) is 0 Å². The molecule has 0 unspecified atom stereocenters. The Morgan fingerprint density at radius 3 is 2.89 bits per heavy atom. The average Bonchev–Trinajstić information content (AvgIpc) is 2.81. The minimum absolute atomic E-state index is 0.0199. The molecule has 0 saturated carbocycles. The van der Waals surface area contributed by atoms with Crippen molar-refractivity contribution in [2.24, 2.45) is 5.92 Å². The van der Waals surface area contributed by atoms with E-state index >= 15 is 0 Å². The molecule has 1 saturated heterocycles. The smallest absolute Gasteiger partial charge is 0.282 e. The molecule has 1 fully saturated rings. The van der Waals surface area contributed by atoms with Crippen LogP contribution in [-0.2, 0) is 0 Å². The molecule has 2 aromatic rings. The first-order chi connectivity index (χ1) is 9.13. The SMILES string of the molecule is CC1CCN(C(=O)c2nc3ccc(F)cc3s2)CC1. The average molecular weight is 278 g/mol. The van der Waals surface area contributed by atoms with Crippen LogP contribution in [0.2, 0.25) is 0 Å². The predicted octanol–water partition coefficient (Wildman–Crippen LogP) is 3.31. The largest absolute Gasteiger partial charge is 0.337 e. The molecule has 0 atom stereocenters. The Morgan fingerprint density at radius 2 is 2.16 bits per heavy atom. The van der Waals surface area contributed by atoms with Gasteiger partial charge in [0.1, 0.15) is 5.82 Å². The van der Waals surface area contributed by atoms with E-state index in [2.05, 4.69) is 11.9 Å². The predicted molar refractivity (Wildman–Crippen MR) is 73.9 cm³/mol. The van der Waals surface area contributed by atoms with Crippen molar-refractivity contribution in [2.75, 3.05) is 13.1 Å². The van der Waals surface area contributed by atoms with Crippen molar-refractivity contribution in [1.29, 1.82) is 0 Å². The standard InChI is InChI=1S/C14H15FN2OS/c1-9-4-6-17(7-5-9)14(18)13-16-11-3-2-10(15)8-12(11)19-13/h2-3,8-9H,4-7H2,1H3. The van der Waals surface area contributed by atoms with Crippen LogP contribution < -0.4 is 0 Å². The van der Waals surface area contributed by atoms with Crippen molar-refractivity contribution < 1.29 is 9.18 Å². The summed E-state index contributed by atoms with van der Waals surface area (Å²) in [6, 6.07) is 4.43. The third kappa shape index (κ3) is 2.47. The topological polar surface area (TPSA) is 33.2 Å². The van der Waals surface area contributed by atoms with Gasteiger partial charge >= 0.3 is 0 Å². The Labute approximate surface area is 115 Å². The molecule has 1 amide bonds.